The summed E-state index contributed by atoms with van der Waals surface area (Å²) in [7, 11) is 0. The van der Waals surface area contributed by atoms with Gasteiger partial charge in [0.05, 0.1) is 0 Å². The number of likely N-dealkylation sites (tertiary alicyclic amines) is 1. The summed E-state index contributed by atoms with van der Waals surface area (Å²) >= 11 is 0. The van der Waals surface area contributed by atoms with Crippen molar-refractivity contribution in [2.24, 2.45) is 0 Å². The average Bonchev–Trinajstić information content (AvgIpc) is 2.63. The number of rotatable bonds is 2. The molecule has 1 aliphatic carbocycles. The summed E-state index contributed by atoms with van der Waals surface area (Å²) in [6, 6.07) is -0.698. The van der Waals surface area contributed by atoms with Gasteiger partial charge in [0.1, 0.15) is 11.6 Å². The molecule has 0 aromatic carbocycles. The van der Waals surface area contributed by atoms with Crippen molar-refractivity contribution in [1.29, 1.82) is 0 Å². The number of carbonyl (C=O) groups is 2. The van der Waals surface area contributed by atoms with Crippen molar-refractivity contribution in [3.8, 4) is 0 Å². The van der Waals surface area contributed by atoms with Gasteiger partial charge in [0.2, 0.25) is 0 Å². The molecule has 1 heterocycles. The van der Waals surface area contributed by atoms with Gasteiger partial charge in [-0.05, 0) is 39.0 Å². The summed E-state index contributed by atoms with van der Waals surface area (Å²) in [5.41, 5.74) is -0.358. The summed E-state index contributed by atoms with van der Waals surface area (Å²) < 4.78 is 5.36. The van der Waals surface area contributed by atoms with E-state index in [1.807, 2.05) is 6.92 Å². The first-order chi connectivity index (χ1) is 7.52. The quantitative estimate of drug-likeness (QED) is 0.778. The molecule has 1 saturated heterocycles. The van der Waals surface area contributed by atoms with Gasteiger partial charge in [-0.15, -0.1) is 0 Å². The minimum atomic E-state index is -0.937. The third-order valence-corrected chi connectivity index (χ3v) is 3.52. The largest absolute Gasteiger partial charge is 0.480 e. The third-order valence-electron chi connectivity index (χ3n) is 3.52. The molecule has 2 aliphatic rings. The number of amides is 1. The fourth-order valence-corrected chi connectivity index (χ4v) is 2.29. The monoisotopic (exact) mass is 227 g/mol. The highest BCUT2D eigenvalue weighted by atomic mass is 16.6. The second-order valence-electron chi connectivity index (χ2n) is 4.86. The van der Waals surface area contributed by atoms with Crippen LogP contribution < -0.4 is 0 Å². The molecule has 0 spiro atoms. The van der Waals surface area contributed by atoms with E-state index >= 15 is 0 Å². The number of hydrogen-bond donors (Lipinski definition) is 1. The van der Waals surface area contributed by atoms with Crippen molar-refractivity contribution in [2.45, 2.75) is 50.7 Å². The number of hydrogen-bond acceptors (Lipinski definition) is 3. The van der Waals surface area contributed by atoms with Crippen molar-refractivity contribution >= 4 is 12.1 Å². The highest BCUT2D eigenvalue weighted by molar-refractivity contribution is 5.80. The van der Waals surface area contributed by atoms with Crippen molar-refractivity contribution in [1.82, 2.24) is 4.90 Å². The zero-order valence-corrected chi connectivity index (χ0v) is 9.44. The minimum Gasteiger partial charge on any atom is -0.480 e. The van der Waals surface area contributed by atoms with Gasteiger partial charge >= 0.3 is 12.1 Å². The molecule has 1 N–H and O–H groups in total. The SMILES string of the molecule is CC1(OC(=O)N2CCCC2C(=O)O)CCC1. The molecule has 5 heteroatoms. The van der Waals surface area contributed by atoms with E-state index in [4.69, 9.17) is 9.84 Å². The molecule has 0 radical (unpaired) electrons. The van der Waals surface area contributed by atoms with E-state index < -0.39 is 18.1 Å². The van der Waals surface area contributed by atoms with Gasteiger partial charge in [0.15, 0.2) is 0 Å². The standard InChI is InChI=1S/C11H17NO4/c1-11(5-3-6-11)16-10(15)12-7-2-4-8(12)9(13)14/h8H,2-7H2,1H3,(H,13,14). The predicted octanol–water partition coefficient (Wildman–Crippen LogP) is 1.61. The van der Waals surface area contributed by atoms with Crippen LogP contribution in [0.1, 0.15) is 39.0 Å². The first-order valence-electron chi connectivity index (χ1n) is 5.74. The molecule has 0 bridgehead atoms. The van der Waals surface area contributed by atoms with Crippen LogP contribution in [-0.4, -0.2) is 40.3 Å². The van der Waals surface area contributed by atoms with Gasteiger partial charge in [-0.3, -0.25) is 4.90 Å². The second-order valence-corrected chi connectivity index (χ2v) is 4.86. The normalized spacial score (nSPS) is 27.3. The molecule has 0 aromatic rings. The van der Waals surface area contributed by atoms with Crippen LogP contribution in [0.5, 0.6) is 0 Å². The molecule has 2 fully saturated rings. The van der Waals surface area contributed by atoms with Crippen LogP contribution in [0.4, 0.5) is 4.79 Å². The Morgan fingerprint density at radius 3 is 2.56 bits per heavy atom. The number of carboxylic acid groups (broad SMARTS) is 1. The molecule has 1 saturated carbocycles. The Bertz CT molecular complexity index is 311. The zero-order chi connectivity index (χ0) is 11.8. The van der Waals surface area contributed by atoms with Crippen LogP contribution in [-0.2, 0) is 9.53 Å². The Morgan fingerprint density at radius 2 is 2.06 bits per heavy atom. The molecule has 1 amide bonds. The van der Waals surface area contributed by atoms with Gasteiger partial charge in [0, 0.05) is 6.54 Å². The molecule has 1 atom stereocenters. The zero-order valence-electron chi connectivity index (χ0n) is 9.44. The van der Waals surface area contributed by atoms with Crippen molar-refractivity contribution in [2.75, 3.05) is 6.54 Å². The highest BCUT2D eigenvalue weighted by Gasteiger charge is 2.41. The molecule has 1 unspecified atom stereocenters. The van der Waals surface area contributed by atoms with Gasteiger partial charge < -0.3 is 9.84 Å². The molecular weight excluding hydrogens is 210 g/mol. The summed E-state index contributed by atoms with van der Waals surface area (Å²) in [6.07, 6.45) is 3.64. The summed E-state index contributed by atoms with van der Waals surface area (Å²) in [5, 5.41) is 8.95. The lowest BCUT2D eigenvalue weighted by molar-refractivity contribution is -0.142. The third kappa shape index (κ3) is 1.99. The number of carbonyl (C=O) groups excluding carboxylic acids is 1. The summed E-state index contributed by atoms with van der Waals surface area (Å²) in [6.45, 7) is 2.39. The molecule has 0 aromatic heterocycles. The molecule has 5 nitrogen and oxygen atoms in total. The molecule has 90 valence electrons. The van der Waals surface area contributed by atoms with Crippen molar-refractivity contribution in [3.05, 3.63) is 0 Å². The number of ether oxygens (including phenoxy) is 1. The van der Waals surface area contributed by atoms with E-state index in [2.05, 4.69) is 0 Å². The van der Waals surface area contributed by atoms with E-state index in [0.717, 1.165) is 25.7 Å². The topological polar surface area (TPSA) is 66.8 Å². The van der Waals surface area contributed by atoms with Crippen LogP contribution in [0.15, 0.2) is 0 Å². The van der Waals surface area contributed by atoms with Crippen LogP contribution in [0.3, 0.4) is 0 Å². The first kappa shape index (κ1) is 11.2. The van der Waals surface area contributed by atoms with Crippen LogP contribution in [0.25, 0.3) is 0 Å². The Labute approximate surface area is 94.4 Å². The highest BCUT2D eigenvalue weighted by Crippen LogP contribution is 2.36. The Kier molecular flexibility index (Phi) is 2.78. The van der Waals surface area contributed by atoms with Gasteiger partial charge in [-0.2, -0.15) is 0 Å². The molecule has 2 rings (SSSR count). The summed E-state index contributed by atoms with van der Waals surface area (Å²) in [4.78, 5) is 24.1. The minimum absolute atomic E-state index is 0.358. The maximum Gasteiger partial charge on any atom is 0.411 e. The summed E-state index contributed by atoms with van der Waals surface area (Å²) in [5.74, 6) is -0.937. The Balaban J connectivity index is 1.95. The average molecular weight is 227 g/mol. The van der Waals surface area contributed by atoms with E-state index in [0.29, 0.717) is 13.0 Å². The smallest absolute Gasteiger partial charge is 0.411 e. The maximum atomic E-state index is 11.8. The van der Waals surface area contributed by atoms with E-state index in [-0.39, 0.29) is 5.60 Å². The molecular formula is C11H17NO4. The molecule has 1 aliphatic heterocycles. The maximum absolute atomic E-state index is 11.8. The first-order valence-corrected chi connectivity index (χ1v) is 5.74. The van der Waals surface area contributed by atoms with Gasteiger partial charge in [-0.25, -0.2) is 9.59 Å². The van der Waals surface area contributed by atoms with Gasteiger partial charge in [0.25, 0.3) is 0 Å². The predicted molar refractivity (Wildman–Crippen MR) is 56.1 cm³/mol. The lowest BCUT2D eigenvalue weighted by atomic mass is 9.82. The van der Waals surface area contributed by atoms with E-state index in [1.54, 1.807) is 0 Å². The van der Waals surface area contributed by atoms with Crippen molar-refractivity contribution < 1.29 is 19.4 Å². The fourth-order valence-electron chi connectivity index (χ4n) is 2.29. The van der Waals surface area contributed by atoms with Gasteiger partial charge in [-0.1, -0.05) is 0 Å². The number of aliphatic carboxylic acids is 1. The van der Waals surface area contributed by atoms with E-state index in [1.165, 1.54) is 4.90 Å². The fraction of sp³-hybridized carbons (Fsp3) is 0.818. The van der Waals surface area contributed by atoms with Crippen molar-refractivity contribution in [3.63, 3.8) is 0 Å². The lowest BCUT2D eigenvalue weighted by Crippen LogP contribution is -2.47. The van der Waals surface area contributed by atoms with Crippen LogP contribution in [0, 0.1) is 0 Å². The Morgan fingerprint density at radius 1 is 1.38 bits per heavy atom. The second kappa shape index (κ2) is 3.96. The number of carboxylic acids is 1. The van der Waals surface area contributed by atoms with Crippen LogP contribution >= 0.6 is 0 Å². The molecule has 16 heavy (non-hydrogen) atoms. The van der Waals surface area contributed by atoms with E-state index in [9.17, 15) is 9.59 Å². The lowest BCUT2D eigenvalue weighted by Gasteiger charge is -2.39. The van der Waals surface area contributed by atoms with Crippen LogP contribution in [0.2, 0.25) is 0 Å². The number of nitrogens with zero attached hydrogens (tertiary/aromatic N) is 1. The Hall–Kier alpha value is -1.26.